The molecular formula is C44H85NO6P+. The first-order chi connectivity index (χ1) is 25.2. The summed E-state index contributed by atoms with van der Waals surface area (Å²) in [6, 6.07) is 0. The van der Waals surface area contributed by atoms with Crippen molar-refractivity contribution in [2.75, 3.05) is 47.5 Å². The first-order valence-corrected chi connectivity index (χ1v) is 23.0. The largest absolute Gasteiger partial charge is 0.498 e. The number of likely N-dealkylation sites (N-methyl/N-ethyl adjacent to an activating group) is 1. The molecule has 0 bridgehead atoms. The number of phosphoric ester groups is 1. The van der Waals surface area contributed by atoms with Gasteiger partial charge in [0.2, 0.25) is 0 Å². The number of allylic oxidation sites excluding steroid dienone is 6. The van der Waals surface area contributed by atoms with Gasteiger partial charge >= 0.3 is 7.82 Å². The number of hydrogen-bond acceptors (Lipinski definition) is 5. The van der Waals surface area contributed by atoms with E-state index in [2.05, 4.69) is 44.2 Å². The third kappa shape index (κ3) is 41.4. The fraction of sp³-hybridized carbons (Fsp3) is 0.818. The van der Waals surface area contributed by atoms with Crippen LogP contribution in [0.3, 0.4) is 0 Å². The average Bonchev–Trinajstić information content (AvgIpc) is 3.10. The molecule has 52 heavy (non-hydrogen) atoms. The Morgan fingerprint density at radius 1 is 0.519 bits per heavy atom. The van der Waals surface area contributed by atoms with Crippen LogP contribution in [-0.2, 0) is 23.1 Å². The van der Waals surface area contributed by atoms with E-state index in [-0.39, 0.29) is 19.8 Å². The van der Waals surface area contributed by atoms with Gasteiger partial charge < -0.3 is 18.9 Å². The Labute approximate surface area is 322 Å². The van der Waals surface area contributed by atoms with Crippen molar-refractivity contribution in [3.05, 3.63) is 49.0 Å². The van der Waals surface area contributed by atoms with Crippen LogP contribution in [0.1, 0.15) is 181 Å². The highest BCUT2D eigenvalue weighted by Crippen LogP contribution is 2.43. The second-order valence-corrected chi connectivity index (χ2v) is 16.9. The van der Waals surface area contributed by atoms with Crippen molar-refractivity contribution in [2.24, 2.45) is 0 Å². The number of ether oxygens (including phenoxy) is 2. The van der Waals surface area contributed by atoms with E-state index >= 15 is 0 Å². The van der Waals surface area contributed by atoms with Crippen LogP contribution in [0.2, 0.25) is 0 Å². The van der Waals surface area contributed by atoms with Crippen molar-refractivity contribution in [1.29, 1.82) is 0 Å². The number of phosphoric acid groups is 1. The van der Waals surface area contributed by atoms with E-state index in [1.807, 2.05) is 27.2 Å². The normalized spacial score (nSPS) is 14.3. The van der Waals surface area contributed by atoms with Crippen molar-refractivity contribution in [1.82, 2.24) is 0 Å². The molecule has 0 fully saturated rings. The molecule has 8 heteroatoms. The summed E-state index contributed by atoms with van der Waals surface area (Å²) in [5.41, 5.74) is 0. The highest BCUT2D eigenvalue weighted by atomic mass is 31.2. The van der Waals surface area contributed by atoms with Crippen LogP contribution in [0, 0.1) is 0 Å². The maximum Gasteiger partial charge on any atom is 0.472 e. The maximum atomic E-state index is 12.4. The molecule has 0 aromatic carbocycles. The molecule has 2 atom stereocenters. The Bertz CT molecular complexity index is 913. The van der Waals surface area contributed by atoms with E-state index < -0.39 is 13.9 Å². The minimum absolute atomic E-state index is 0.0997. The van der Waals surface area contributed by atoms with Crippen molar-refractivity contribution in [3.8, 4) is 0 Å². The Morgan fingerprint density at radius 2 is 0.904 bits per heavy atom. The van der Waals surface area contributed by atoms with Crippen molar-refractivity contribution in [2.45, 2.75) is 187 Å². The first kappa shape index (κ1) is 50.6. The average molecular weight is 755 g/mol. The minimum atomic E-state index is -4.18. The molecule has 1 unspecified atom stereocenters. The number of quaternary nitrogens is 1. The van der Waals surface area contributed by atoms with Gasteiger partial charge in [0.05, 0.1) is 40.3 Å². The van der Waals surface area contributed by atoms with Crippen LogP contribution in [0.25, 0.3) is 0 Å². The van der Waals surface area contributed by atoms with Gasteiger partial charge in [-0.1, -0.05) is 128 Å². The van der Waals surface area contributed by atoms with Crippen LogP contribution in [0.4, 0.5) is 0 Å². The van der Waals surface area contributed by atoms with E-state index in [1.165, 1.54) is 141 Å². The molecule has 0 rings (SSSR count). The number of unbranched alkanes of at least 4 members (excludes halogenated alkanes) is 22. The van der Waals surface area contributed by atoms with E-state index in [9.17, 15) is 9.46 Å². The van der Waals surface area contributed by atoms with Crippen LogP contribution in [-0.4, -0.2) is 63.0 Å². The summed E-state index contributed by atoms with van der Waals surface area (Å²) >= 11 is 0. The molecule has 0 aliphatic heterocycles. The number of hydrogen-bond donors (Lipinski definition) is 1. The minimum Gasteiger partial charge on any atom is -0.498 e. The van der Waals surface area contributed by atoms with E-state index in [0.29, 0.717) is 11.0 Å². The third-order valence-electron chi connectivity index (χ3n) is 9.05. The van der Waals surface area contributed by atoms with Gasteiger partial charge in [0.15, 0.2) is 6.10 Å². The lowest BCUT2D eigenvalue weighted by molar-refractivity contribution is -0.870. The SMILES string of the molecule is CCCCCC/C=C\CCCCCCCC/C=C\OC[C@H](COP(=O)(O)OCC[N+](C)(C)C)O/C=C\CCCCCC/C=C\CCCCCCCC. The summed E-state index contributed by atoms with van der Waals surface area (Å²) in [7, 11) is 1.82. The summed E-state index contributed by atoms with van der Waals surface area (Å²) in [6.07, 6.45) is 49.1. The van der Waals surface area contributed by atoms with Crippen LogP contribution in [0.5, 0.6) is 0 Å². The summed E-state index contributed by atoms with van der Waals surface area (Å²) in [6.45, 7) is 5.38. The molecule has 0 spiro atoms. The zero-order chi connectivity index (χ0) is 38.3. The molecule has 0 aromatic heterocycles. The fourth-order valence-electron chi connectivity index (χ4n) is 5.62. The molecule has 0 aliphatic rings. The molecule has 1 N–H and O–H groups in total. The fourth-order valence-corrected chi connectivity index (χ4v) is 6.36. The van der Waals surface area contributed by atoms with Crippen molar-refractivity contribution >= 4 is 7.82 Å². The molecular weight excluding hydrogens is 669 g/mol. The van der Waals surface area contributed by atoms with Gasteiger partial charge in [-0.3, -0.25) is 9.05 Å². The van der Waals surface area contributed by atoms with Gasteiger partial charge in [0, 0.05) is 0 Å². The monoisotopic (exact) mass is 755 g/mol. The standard InChI is InChI=1S/C44H84NO6P/c1-6-8-10-12-14-16-18-20-22-24-26-28-30-32-34-36-39-48-42-44(43-51-52(46,47)50-41-38-45(3,4)5)49-40-37-35-33-31-29-27-25-23-21-19-17-15-13-11-9-7-2/h16,18,21,23,36-37,39-40,44H,6-15,17,19-20,22,24-35,38,41-43H2,1-5H3/p+1/b18-16-,23-21-,39-36-,40-37-/t44-/m1/s1. The van der Waals surface area contributed by atoms with Gasteiger partial charge in [-0.15, -0.1) is 0 Å². The predicted molar refractivity (Wildman–Crippen MR) is 223 cm³/mol. The van der Waals surface area contributed by atoms with Crippen molar-refractivity contribution < 1.29 is 32.5 Å². The van der Waals surface area contributed by atoms with E-state index in [4.69, 9.17) is 18.5 Å². The Hall–Kier alpha value is -1.37. The molecule has 7 nitrogen and oxygen atoms in total. The molecule has 0 amide bonds. The maximum absolute atomic E-state index is 12.4. The van der Waals surface area contributed by atoms with Crippen LogP contribution < -0.4 is 0 Å². The summed E-state index contributed by atoms with van der Waals surface area (Å²) in [4.78, 5) is 10.2. The quantitative estimate of drug-likeness (QED) is 0.0221. The number of nitrogens with zero attached hydrogens (tertiary/aromatic N) is 1. The van der Waals surface area contributed by atoms with Gasteiger partial charge in [0.25, 0.3) is 0 Å². The second kappa shape index (κ2) is 37.9. The van der Waals surface area contributed by atoms with Gasteiger partial charge in [-0.25, -0.2) is 4.57 Å². The molecule has 0 radical (unpaired) electrons. The van der Waals surface area contributed by atoms with E-state index in [1.54, 1.807) is 12.5 Å². The summed E-state index contributed by atoms with van der Waals surface area (Å²) < 4.78 is 35.2. The van der Waals surface area contributed by atoms with Crippen LogP contribution in [0.15, 0.2) is 49.0 Å². The molecule has 306 valence electrons. The molecule has 0 aliphatic carbocycles. The summed E-state index contributed by atoms with van der Waals surface area (Å²) in [5.74, 6) is 0. The van der Waals surface area contributed by atoms with Crippen molar-refractivity contribution in [3.63, 3.8) is 0 Å². The first-order valence-electron chi connectivity index (χ1n) is 21.5. The Kier molecular flexibility index (Phi) is 36.9. The number of rotatable bonds is 40. The van der Waals surface area contributed by atoms with Gasteiger partial charge in [-0.2, -0.15) is 0 Å². The summed E-state index contributed by atoms with van der Waals surface area (Å²) in [5, 5.41) is 0. The zero-order valence-electron chi connectivity index (χ0n) is 34.8. The molecule has 0 saturated carbocycles. The lowest BCUT2D eigenvalue weighted by Crippen LogP contribution is -2.37. The third-order valence-corrected chi connectivity index (χ3v) is 10.0. The Balaban J connectivity index is 4.26. The smallest absolute Gasteiger partial charge is 0.472 e. The molecule has 0 aromatic rings. The highest BCUT2D eigenvalue weighted by molar-refractivity contribution is 7.47. The lowest BCUT2D eigenvalue weighted by Gasteiger charge is -2.24. The highest BCUT2D eigenvalue weighted by Gasteiger charge is 2.25. The zero-order valence-corrected chi connectivity index (χ0v) is 35.7. The molecule has 0 saturated heterocycles. The van der Waals surface area contributed by atoms with Gasteiger partial charge in [0.1, 0.15) is 19.8 Å². The van der Waals surface area contributed by atoms with Crippen LogP contribution >= 0.6 is 7.82 Å². The van der Waals surface area contributed by atoms with Gasteiger partial charge in [-0.05, 0) is 89.2 Å². The second-order valence-electron chi connectivity index (χ2n) is 15.5. The molecule has 0 heterocycles. The Morgan fingerprint density at radius 3 is 1.35 bits per heavy atom. The lowest BCUT2D eigenvalue weighted by atomic mass is 10.1. The topological polar surface area (TPSA) is 74.2 Å². The van der Waals surface area contributed by atoms with E-state index in [0.717, 1.165) is 25.7 Å². The predicted octanol–water partition coefficient (Wildman–Crippen LogP) is 13.6.